The zero-order chi connectivity index (χ0) is 12.4. The van der Waals surface area contributed by atoms with Crippen LogP contribution in [0.3, 0.4) is 0 Å². The molecule has 0 aliphatic carbocycles. The summed E-state index contributed by atoms with van der Waals surface area (Å²) in [5.41, 5.74) is 0. The topological polar surface area (TPSA) is 35.8 Å². The zero-order valence-corrected chi connectivity index (χ0v) is 12.4. The van der Waals surface area contributed by atoms with E-state index in [1.807, 2.05) is 7.05 Å². The van der Waals surface area contributed by atoms with Crippen LogP contribution in [0.4, 0.5) is 0 Å². The summed E-state index contributed by atoms with van der Waals surface area (Å²) in [6.45, 7) is 8.82. The molecule has 0 aromatic heterocycles. The van der Waals surface area contributed by atoms with Crippen LogP contribution in [0, 0.1) is 5.92 Å². The Kier molecular flexibility index (Phi) is 15.0. The van der Waals surface area contributed by atoms with E-state index in [0.717, 1.165) is 32.8 Å². The van der Waals surface area contributed by atoms with E-state index in [-0.39, 0.29) is 18.9 Å². The van der Waals surface area contributed by atoms with Crippen molar-refractivity contribution >= 4 is 0 Å². The molecule has 0 bridgehead atoms. The Morgan fingerprint density at radius 2 is 1.53 bits per heavy atom. The second-order valence-electron chi connectivity index (χ2n) is 4.36. The van der Waals surface area contributed by atoms with Crippen LogP contribution in [-0.2, 0) is 9.47 Å². The van der Waals surface area contributed by atoms with Crippen LogP contribution in [0.1, 0.15) is 13.8 Å². The number of ether oxygens (including phenoxy) is 2. The van der Waals surface area contributed by atoms with Crippen LogP contribution in [0.15, 0.2) is 0 Å². The number of hydrogen-bond acceptors (Lipinski definition) is 3. The molecule has 0 amide bonds. The largest absolute Gasteiger partial charge is 1.00 e. The van der Waals surface area contributed by atoms with Crippen molar-refractivity contribution in [1.82, 2.24) is 4.90 Å². The number of hydrogen-bond donors (Lipinski definition) is 0. The fourth-order valence-corrected chi connectivity index (χ4v) is 1.59. The van der Waals surface area contributed by atoms with E-state index in [1.54, 1.807) is 14.2 Å². The second kappa shape index (κ2) is 12.9. The molecule has 17 heavy (non-hydrogen) atoms. The molecule has 5 heteroatoms. The molecule has 0 fully saturated rings. The Balaban J connectivity index is 0. The molecule has 0 aromatic carbocycles. The van der Waals surface area contributed by atoms with Crippen LogP contribution in [-0.4, -0.2) is 65.1 Å². The number of nitrogens with zero attached hydrogens (tertiary/aromatic N) is 2. The van der Waals surface area contributed by atoms with Crippen molar-refractivity contribution in [1.29, 1.82) is 0 Å². The first-order chi connectivity index (χ1) is 7.65. The monoisotopic (exact) mass is 238 g/mol. The fraction of sp³-hybridized carbons (Fsp3) is 1.00. The minimum atomic E-state index is 0. The minimum Gasteiger partial charge on any atom is -0.661 e. The van der Waals surface area contributed by atoms with Crippen LogP contribution in [0.25, 0.3) is 5.32 Å². The summed E-state index contributed by atoms with van der Waals surface area (Å²) in [5, 5.41) is 4.42. The average molecular weight is 238 g/mol. The summed E-state index contributed by atoms with van der Waals surface area (Å²) in [5.74, 6) is 0.581. The van der Waals surface area contributed by atoms with Gasteiger partial charge in [0.1, 0.15) is 0 Å². The zero-order valence-electron chi connectivity index (χ0n) is 12.4. The molecule has 0 heterocycles. The molecule has 0 radical (unpaired) electrons. The first-order valence-electron chi connectivity index (χ1n) is 5.94. The molecule has 1 unspecified atom stereocenters. The van der Waals surface area contributed by atoms with E-state index >= 15 is 0 Å². The van der Waals surface area contributed by atoms with Crippen molar-refractivity contribution in [3.63, 3.8) is 0 Å². The van der Waals surface area contributed by atoms with Crippen LogP contribution in [0.2, 0.25) is 0 Å². The third-order valence-electron chi connectivity index (χ3n) is 2.77. The van der Waals surface area contributed by atoms with Gasteiger partial charge in [0, 0.05) is 27.3 Å². The number of rotatable bonds is 10. The van der Waals surface area contributed by atoms with E-state index in [2.05, 4.69) is 24.1 Å². The van der Waals surface area contributed by atoms with Gasteiger partial charge in [-0.1, -0.05) is 19.8 Å². The smallest absolute Gasteiger partial charge is 0.661 e. The molecule has 1 atom stereocenters. The van der Waals surface area contributed by atoms with E-state index in [1.165, 1.54) is 0 Å². The van der Waals surface area contributed by atoms with Crippen LogP contribution in [0.5, 0.6) is 0 Å². The van der Waals surface area contributed by atoms with Gasteiger partial charge in [-0.25, -0.2) is 0 Å². The van der Waals surface area contributed by atoms with E-state index in [9.17, 15) is 0 Å². The van der Waals surface area contributed by atoms with Crippen LogP contribution >= 0.6 is 0 Å². The SMILES string of the molecule is C[N-]C(CN(CCOC)CCOC)C(C)C.[Li+]. The average Bonchev–Trinajstić information content (AvgIpc) is 2.27. The van der Waals surface area contributed by atoms with Crippen LogP contribution < -0.4 is 18.9 Å². The van der Waals surface area contributed by atoms with Gasteiger partial charge in [0.05, 0.1) is 13.2 Å². The molecule has 0 saturated carbocycles. The molecule has 0 aromatic rings. The van der Waals surface area contributed by atoms with Crippen molar-refractivity contribution in [2.45, 2.75) is 19.9 Å². The third kappa shape index (κ3) is 10.1. The summed E-state index contributed by atoms with van der Waals surface area (Å²) >= 11 is 0. The Morgan fingerprint density at radius 1 is 1.06 bits per heavy atom. The van der Waals surface area contributed by atoms with Gasteiger partial charge in [0.2, 0.25) is 0 Å². The predicted octanol–water partition coefficient (Wildman–Crippen LogP) is -1.39. The second-order valence-corrected chi connectivity index (χ2v) is 4.36. The summed E-state index contributed by atoms with van der Waals surface area (Å²) < 4.78 is 10.2. The maximum Gasteiger partial charge on any atom is 1.00 e. The Bertz CT molecular complexity index is 151. The van der Waals surface area contributed by atoms with Gasteiger partial charge < -0.3 is 19.7 Å². The van der Waals surface area contributed by atoms with Crippen molar-refractivity contribution in [2.75, 3.05) is 54.1 Å². The van der Waals surface area contributed by atoms with Gasteiger partial charge in [-0.2, -0.15) is 7.05 Å². The Morgan fingerprint density at radius 3 is 1.82 bits per heavy atom. The molecule has 0 N–H and O–H groups in total. The molecular formula is C12H27LiN2O2. The third-order valence-corrected chi connectivity index (χ3v) is 2.77. The predicted molar refractivity (Wildman–Crippen MR) is 68.1 cm³/mol. The summed E-state index contributed by atoms with van der Waals surface area (Å²) in [6.07, 6.45) is 0. The first kappa shape index (κ1) is 19.8. The van der Waals surface area contributed by atoms with Gasteiger partial charge in [-0.3, -0.25) is 0 Å². The van der Waals surface area contributed by atoms with E-state index < -0.39 is 0 Å². The molecule has 4 nitrogen and oxygen atoms in total. The first-order valence-corrected chi connectivity index (χ1v) is 5.94. The normalized spacial score (nSPS) is 12.9. The molecule has 0 rings (SSSR count). The van der Waals surface area contributed by atoms with Crippen molar-refractivity contribution < 1.29 is 28.3 Å². The molecule has 0 saturated heterocycles. The number of likely N-dealkylation sites (N-methyl/N-ethyl adjacent to an activating group) is 1. The molecule has 0 aliphatic rings. The maximum absolute atomic E-state index is 5.11. The maximum atomic E-state index is 5.11. The standard InChI is InChI=1S/C12H27N2O2.Li/c1-11(2)12(13-3)10-14(6-8-15-4)7-9-16-5;/h11-12H,6-10H2,1-5H3;/q-1;+1. The van der Waals surface area contributed by atoms with Gasteiger partial charge in [0.25, 0.3) is 0 Å². The molecular weight excluding hydrogens is 211 g/mol. The Hall–Kier alpha value is 0.437. The number of methoxy groups -OCH3 is 2. The molecule has 98 valence electrons. The van der Waals surface area contributed by atoms with Crippen molar-refractivity contribution in [3.05, 3.63) is 5.32 Å². The van der Waals surface area contributed by atoms with E-state index in [0.29, 0.717) is 12.0 Å². The van der Waals surface area contributed by atoms with Gasteiger partial charge in [-0.15, -0.1) is 6.04 Å². The molecule has 0 spiro atoms. The van der Waals surface area contributed by atoms with E-state index in [4.69, 9.17) is 9.47 Å². The van der Waals surface area contributed by atoms with Crippen molar-refractivity contribution in [3.8, 4) is 0 Å². The quantitative estimate of drug-likeness (QED) is 0.440. The van der Waals surface area contributed by atoms with Crippen molar-refractivity contribution in [2.24, 2.45) is 5.92 Å². The Labute approximate surface area is 119 Å². The summed E-state index contributed by atoms with van der Waals surface area (Å²) in [4.78, 5) is 2.35. The fourth-order valence-electron chi connectivity index (χ4n) is 1.59. The summed E-state index contributed by atoms with van der Waals surface area (Å²) in [6, 6.07) is 0.397. The van der Waals surface area contributed by atoms with Gasteiger partial charge >= 0.3 is 18.9 Å². The molecule has 0 aliphatic heterocycles. The van der Waals surface area contributed by atoms with Gasteiger partial charge in [0.15, 0.2) is 0 Å². The van der Waals surface area contributed by atoms with Gasteiger partial charge in [-0.05, 0) is 6.54 Å². The summed E-state index contributed by atoms with van der Waals surface area (Å²) in [7, 11) is 5.37. The minimum absolute atomic E-state index is 0.